The van der Waals surface area contributed by atoms with Crippen LogP contribution in [0.4, 0.5) is 5.69 Å². The molecule has 3 heterocycles. The van der Waals surface area contributed by atoms with E-state index in [0.29, 0.717) is 40.0 Å². The van der Waals surface area contributed by atoms with Crippen LogP contribution in [0.25, 0.3) is 16.9 Å². The summed E-state index contributed by atoms with van der Waals surface area (Å²) in [5.74, 6) is 2.02. The summed E-state index contributed by atoms with van der Waals surface area (Å²) in [4.78, 5) is 12.8. The van der Waals surface area contributed by atoms with Gasteiger partial charge in [-0.1, -0.05) is 6.07 Å². The Morgan fingerprint density at radius 3 is 2.69 bits per heavy atom. The lowest BCUT2D eigenvalue weighted by atomic mass is 10.3. The summed E-state index contributed by atoms with van der Waals surface area (Å²) in [5.41, 5.74) is 1.27. The minimum Gasteiger partial charge on any atom is -0.439 e. The fourth-order valence-electron chi connectivity index (χ4n) is 3.02. The number of benzene rings is 2. The molecule has 160 valence electrons. The molecule has 0 atom stereocenters. The summed E-state index contributed by atoms with van der Waals surface area (Å²) < 4.78 is 44.0. The molecule has 0 spiro atoms. The average Bonchev–Trinajstić information content (AvgIpc) is 3.46. The SMILES string of the molecule is Cc1nc(Oc2ccc(NS(=O)(=O)c3cccc4nsnc34)cc2)cc(-n2ccnc2)n1. The van der Waals surface area contributed by atoms with E-state index in [2.05, 4.69) is 28.4 Å². The molecule has 0 aliphatic rings. The number of fused-ring (bicyclic) bond motifs is 1. The topological polar surface area (TPSA) is 125 Å². The van der Waals surface area contributed by atoms with E-state index in [4.69, 9.17) is 4.74 Å². The van der Waals surface area contributed by atoms with Crippen LogP contribution in [0.3, 0.4) is 0 Å². The molecule has 5 rings (SSSR count). The number of aromatic nitrogens is 6. The van der Waals surface area contributed by atoms with Crippen molar-refractivity contribution in [2.75, 3.05) is 4.72 Å². The molecule has 0 amide bonds. The predicted octanol–water partition coefficient (Wildman–Crippen LogP) is 3.57. The molecule has 0 aliphatic carbocycles. The zero-order chi connectivity index (χ0) is 22.1. The van der Waals surface area contributed by atoms with Crippen LogP contribution in [-0.2, 0) is 10.0 Å². The van der Waals surface area contributed by atoms with Gasteiger partial charge < -0.3 is 4.74 Å². The van der Waals surface area contributed by atoms with Gasteiger partial charge in [0.1, 0.15) is 39.6 Å². The lowest BCUT2D eigenvalue weighted by molar-refractivity contribution is 0.459. The minimum absolute atomic E-state index is 0.0765. The maximum absolute atomic E-state index is 12.8. The summed E-state index contributed by atoms with van der Waals surface area (Å²) in [6, 6.07) is 13.1. The minimum atomic E-state index is -3.83. The molecule has 0 radical (unpaired) electrons. The number of hydrogen-bond donors (Lipinski definition) is 1. The fourth-order valence-corrected chi connectivity index (χ4v) is 4.85. The van der Waals surface area contributed by atoms with E-state index >= 15 is 0 Å². The number of anilines is 1. The van der Waals surface area contributed by atoms with Crippen molar-refractivity contribution in [3.8, 4) is 17.4 Å². The molecule has 3 aromatic heterocycles. The Bertz CT molecular complexity index is 1500. The van der Waals surface area contributed by atoms with Gasteiger partial charge in [-0.05, 0) is 43.3 Å². The van der Waals surface area contributed by atoms with Gasteiger partial charge in [-0.25, -0.2) is 18.4 Å². The fraction of sp³-hybridized carbons (Fsp3) is 0.0500. The summed E-state index contributed by atoms with van der Waals surface area (Å²) in [6.07, 6.45) is 5.06. The zero-order valence-corrected chi connectivity index (χ0v) is 18.2. The molecule has 12 heteroatoms. The Hall–Kier alpha value is -3.90. The van der Waals surface area contributed by atoms with Crippen LogP contribution < -0.4 is 9.46 Å². The molecule has 32 heavy (non-hydrogen) atoms. The van der Waals surface area contributed by atoms with Crippen molar-refractivity contribution < 1.29 is 13.2 Å². The van der Waals surface area contributed by atoms with E-state index < -0.39 is 10.0 Å². The van der Waals surface area contributed by atoms with Gasteiger partial charge in [0.15, 0.2) is 0 Å². The maximum atomic E-state index is 12.8. The van der Waals surface area contributed by atoms with Gasteiger partial charge in [0.25, 0.3) is 10.0 Å². The standard InChI is InChI=1S/C20H15N7O3S2/c1-13-22-18(27-10-9-21-12-27)11-19(23-13)30-15-7-5-14(6-8-15)26-32(28,29)17-4-2-3-16-20(17)25-31-24-16/h2-12,26H,1H3. The van der Waals surface area contributed by atoms with Gasteiger partial charge in [-0.3, -0.25) is 9.29 Å². The van der Waals surface area contributed by atoms with E-state index in [1.54, 1.807) is 72.7 Å². The largest absolute Gasteiger partial charge is 0.439 e. The highest BCUT2D eigenvalue weighted by atomic mass is 32.2. The Kier molecular flexibility index (Phi) is 4.99. The van der Waals surface area contributed by atoms with Gasteiger partial charge >= 0.3 is 0 Å². The van der Waals surface area contributed by atoms with Crippen LogP contribution in [0.5, 0.6) is 11.6 Å². The third kappa shape index (κ3) is 4.00. The first-order valence-corrected chi connectivity index (χ1v) is 11.6. The van der Waals surface area contributed by atoms with Crippen LogP contribution >= 0.6 is 11.7 Å². The zero-order valence-electron chi connectivity index (χ0n) is 16.6. The second kappa shape index (κ2) is 7.98. The van der Waals surface area contributed by atoms with Crippen molar-refractivity contribution in [2.24, 2.45) is 0 Å². The number of imidazole rings is 1. The van der Waals surface area contributed by atoms with Crippen LogP contribution in [0.2, 0.25) is 0 Å². The maximum Gasteiger partial charge on any atom is 0.264 e. The molecule has 0 aliphatic heterocycles. The van der Waals surface area contributed by atoms with Crippen molar-refractivity contribution >= 4 is 38.5 Å². The molecule has 0 saturated heterocycles. The number of nitrogens with zero attached hydrogens (tertiary/aromatic N) is 6. The van der Waals surface area contributed by atoms with Crippen LogP contribution in [-0.4, -0.2) is 36.7 Å². The molecule has 5 aromatic rings. The molecule has 0 fully saturated rings. The molecule has 0 bridgehead atoms. The first kappa shape index (κ1) is 20.0. The Morgan fingerprint density at radius 1 is 1.06 bits per heavy atom. The number of nitrogens with one attached hydrogen (secondary N) is 1. The molecular weight excluding hydrogens is 450 g/mol. The highest BCUT2D eigenvalue weighted by Gasteiger charge is 2.19. The smallest absolute Gasteiger partial charge is 0.264 e. The average molecular weight is 466 g/mol. The Balaban J connectivity index is 1.35. The van der Waals surface area contributed by atoms with Crippen molar-refractivity contribution in [3.63, 3.8) is 0 Å². The third-order valence-electron chi connectivity index (χ3n) is 4.44. The second-order valence-corrected chi connectivity index (χ2v) is 8.88. The lowest BCUT2D eigenvalue weighted by Crippen LogP contribution is -2.13. The van der Waals surface area contributed by atoms with Gasteiger partial charge in [0, 0.05) is 24.1 Å². The van der Waals surface area contributed by atoms with E-state index in [9.17, 15) is 8.42 Å². The van der Waals surface area contributed by atoms with E-state index in [1.807, 2.05) is 0 Å². The van der Waals surface area contributed by atoms with Crippen molar-refractivity contribution in [1.82, 2.24) is 28.3 Å². The molecule has 1 N–H and O–H groups in total. The molecular formula is C20H15N7O3S2. The molecule has 10 nitrogen and oxygen atoms in total. The third-order valence-corrected chi connectivity index (χ3v) is 6.39. The second-order valence-electron chi connectivity index (χ2n) is 6.70. The van der Waals surface area contributed by atoms with Gasteiger partial charge in [-0.2, -0.15) is 13.7 Å². The van der Waals surface area contributed by atoms with E-state index in [-0.39, 0.29) is 4.90 Å². The van der Waals surface area contributed by atoms with E-state index in [0.717, 1.165) is 11.7 Å². The highest BCUT2D eigenvalue weighted by Crippen LogP contribution is 2.26. The summed E-state index contributed by atoms with van der Waals surface area (Å²) >= 11 is 0.969. The van der Waals surface area contributed by atoms with Crippen LogP contribution in [0, 0.1) is 6.92 Å². The Morgan fingerprint density at radius 2 is 1.91 bits per heavy atom. The summed E-state index contributed by atoms with van der Waals surface area (Å²) in [6.45, 7) is 1.77. The first-order valence-electron chi connectivity index (χ1n) is 9.34. The number of rotatable bonds is 6. The van der Waals surface area contributed by atoms with Crippen LogP contribution in [0.15, 0.2) is 72.1 Å². The first-order chi connectivity index (χ1) is 15.5. The number of hydrogen-bond acceptors (Lipinski definition) is 9. The van der Waals surface area contributed by atoms with Crippen molar-refractivity contribution in [3.05, 3.63) is 73.1 Å². The molecule has 2 aromatic carbocycles. The summed E-state index contributed by atoms with van der Waals surface area (Å²) in [7, 11) is -3.83. The van der Waals surface area contributed by atoms with Gasteiger partial charge in [0.05, 0.1) is 11.7 Å². The van der Waals surface area contributed by atoms with E-state index in [1.165, 1.54) is 6.07 Å². The predicted molar refractivity (Wildman–Crippen MR) is 119 cm³/mol. The molecule has 0 unspecified atom stereocenters. The highest BCUT2D eigenvalue weighted by molar-refractivity contribution is 7.93. The normalized spacial score (nSPS) is 11.5. The van der Waals surface area contributed by atoms with Gasteiger partial charge in [0.2, 0.25) is 5.88 Å². The van der Waals surface area contributed by atoms with Crippen LogP contribution in [0.1, 0.15) is 5.82 Å². The van der Waals surface area contributed by atoms with Gasteiger partial charge in [-0.15, -0.1) is 0 Å². The number of sulfonamides is 1. The number of ether oxygens (including phenoxy) is 1. The van der Waals surface area contributed by atoms with Crippen molar-refractivity contribution in [1.29, 1.82) is 0 Å². The Labute approximate surface area is 187 Å². The number of aryl methyl sites for hydroxylation is 1. The lowest BCUT2D eigenvalue weighted by Gasteiger charge is -2.10. The molecule has 0 saturated carbocycles. The quantitative estimate of drug-likeness (QED) is 0.403. The van der Waals surface area contributed by atoms with Crippen molar-refractivity contribution in [2.45, 2.75) is 11.8 Å². The monoisotopic (exact) mass is 465 g/mol. The summed E-state index contributed by atoms with van der Waals surface area (Å²) in [5, 5.41) is 0.